The van der Waals surface area contributed by atoms with Gasteiger partial charge in [0.25, 0.3) is 0 Å². The molecule has 0 aromatic carbocycles. The van der Waals surface area contributed by atoms with Gasteiger partial charge in [0.1, 0.15) is 5.76 Å². The van der Waals surface area contributed by atoms with Crippen LogP contribution in [-0.4, -0.2) is 39.2 Å². The van der Waals surface area contributed by atoms with E-state index in [1.54, 1.807) is 12.1 Å². The Morgan fingerprint density at radius 2 is 1.76 bits per heavy atom. The van der Waals surface area contributed by atoms with E-state index in [1.807, 2.05) is 0 Å². The number of methoxy groups -OCH3 is 3. The smallest absolute Gasteiger partial charge is 0.333 e. The molecule has 0 fully saturated rings. The molecule has 0 atom stereocenters. The first-order valence-electron chi connectivity index (χ1n) is 6.01. The molecule has 7 nitrogen and oxygen atoms in total. The minimum Gasteiger partial charge on any atom is -0.468 e. The third-order valence-electron chi connectivity index (χ3n) is 2.70. The summed E-state index contributed by atoms with van der Waals surface area (Å²) in [5, 5.41) is 0. The van der Waals surface area contributed by atoms with Gasteiger partial charge in [-0.3, -0.25) is 9.59 Å². The maximum atomic E-state index is 11.8. The predicted molar refractivity (Wildman–Crippen MR) is 70.8 cm³/mol. The van der Waals surface area contributed by atoms with E-state index in [0.29, 0.717) is 5.76 Å². The van der Waals surface area contributed by atoms with Gasteiger partial charge < -0.3 is 18.6 Å². The van der Waals surface area contributed by atoms with Crippen LogP contribution in [0.15, 0.2) is 28.4 Å². The highest BCUT2D eigenvalue weighted by Gasteiger charge is 2.31. The second-order valence-electron chi connectivity index (χ2n) is 3.98. The summed E-state index contributed by atoms with van der Waals surface area (Å²) in [5.41, 5.74) is 0.0910. The van der Waals surface area contributed by atoms with Gasteiger partial charge in [0.2, 0.25) is 0 Å². The van der Waals surface area contributed by atoms with Crippen molar-refractivity contribution in [3.8, 4) is 0 Å². The first kappa shape index (κ1) is 16.5. The van der Waals surface area contributed by atoms with E-state index in [0.717, 1.165) is 14.2 Å². The Bertz CT molecular complexity index is 512. The lowest BCUT2D eigenvalue weighted by atomic mass is 9.98. The van der Waals surface area contributed by atoms with Gasteiger partial charge in [-0.1, -0.05) is 0 Å². The quantitative estimate of drug-likeness (QED) is 0.337. The van der Waals surface area contributed by atoms with Crippen LogP contribution in [0.3, 0.4) is 0 Å². The van der Waals surface area contributed by atoms with Crippen molar-refractivity contribution in [3.63, 3.8) is 0 Å². The zero-order valence-electron chi connectivity index (χ0n) is 12.0. The second-order valence-corrected chi connectivity index (χ2v) is 3.98. The van der Waals surface area contributed by atoms with Gasteiger partial charge in [-0.15, -0.1) is 0 Å². The Kier molecular flexibility index (Phi) is 6.19. The molecule has 0 radical (unpaired) electrons. The van der Waals surface area contributed by atoms with Crippen molar-refractivity contribution < 1.29 is 33.0 Å². The highest BCUT2D eigenvalue weighted by atomic mass is 16.5. The van der Waals surface area contributed by atoms with Crippen molar-refractivity contribution in [1.29, 1.82) is 0 Å². The first-order valence-corrected chi connectivity index (χ1v) is 6.01. The van der Waals surface area contributed by atoms with Crippen molar-refractivity contribution in [2.75, 3.05) is 21.3 Å². The first-order chi connectivity index (χ1) is 10.0. The molecular weight excluding hydrogens is 280 g/mol. The van der Waals surface area contributed by atoms with Gasteiger partial charge in [-0.2, -0.15) is 0 Å². The predicted octanol–water partition coefficient (Wildman–Crippen LogP) is 1.19. The zero-order chi connectivity index (χ0) is 15.8. The van der Waals surface area contributed by atoms with Crippen molar-refractivity contribution in [3.05, 3.63) is 29.7 Å². The molecule has 1 rings (SSSR count). The van der Waals surface area contributed by atoms with Crippen LogP contribution < -0.4 is 0 Å². The number of carbonyl (C=O) groups excluding carboxylic acids is 3. The van der Waals surface area contributed by atoms with Gasteiger partial charge in [0, 0.05) is 12.0 Å². The largest absolute Gasteiger partial charge is 0.468 e. The number of rotatable bonds is 6. The van der Waals surface area contributed by atoms with E-state index in [-0.39, 0.29) is 12.0 Å². The number of carbonyl (C=O) groups is 3. The number of ether oxygens (including phenoxy) is 3. The zero-order valence-corrected chi connectivity index (χ0v) is 12.0. The average Bonchev–Trinajstić information content (AvgIpc) is 3.01. The fourth-order valence-corrected chi connectivity index (χ4v) is 1.64. The normalized spacial score (nSPS) is 11.1. The van der Waals surface area contributed by atoms with Gasteiger partial charge >= 0.3 is 17.9 Å². The molecule has 0 unspecified atom stereocenters. The molecule has 0 bridgehead atoms. The lowest BCUT2D eigenvalue weighted by Crippen LogP contribution is -2.28. The maximum absolute atomic E-state index is 11.8. The van der Waals surface area contributed by atoms with Crippen molar-refractivity contribution in [2.24, 2.45) is 5.92 Å². The highest BCUT2D eigenvalue weighted by molar-refractivity contribution is 5.99. The molecule has 0 aliphatic rings. The summed E-state index contributed by atoms with van der Waals surface area (Å²) < 4.78 is 18.8. The summed E-state index contributed by atoms with van der Waals surface area (Å²) >= 11 is 0. The molecule has 7 heteroatoms. The number of furan rings is 1. The van der Waals surface area contributed by atoms with Crippen LogP contribution in [0, 0.1) is 5.92 Å². The lowest BCUT2D eigenvalue weighted by molar-refractivity contribution is -0.158. The summed E-state index contributed by atoms with van der Waals surface area (Å²) in [6.45, 7) is 0. The Morgan fingerprint density at radius 1 is 1.14 bits per heavy atom. The molecular formula is C14H16O7. The molecule has 1 heterocycles. The van der Waals surface area contributed by atoms with Crippen LogP contribution in [0.25, 0.3) is 6.08 Å². The summed E-state index contributed by atoms with van der Waals surface area (Å²) in [4.78, 5) is 35.0. The molecule has 0 saturated carbocycles. The Morgan fingerprint density at radius 3 is 2.19 bits per heavy atom. The molecule has 0 spiro atoms. The molecule has 114 valence electrons. The number of hydrogen-bond acceptors (Lipinski definition) is 7. The Hall–Kier alpha value is -2.57. The molecule has 0 N–H and O–H groups in total. The van der Waals surface area contributed by atoms with E-state index in [1.165, 1.54) is 19.4 Å². The van der Waals surface area contributed by atoms with Crippen molar-refractivity contribution in [2.45, 2.75) is 6.42 Å². The molecule has 1 aromatic heterocycles. The van der Waals surface area contributed by atoms with Gasteiger partial charge in [0.15, 0.2) is 5.92 Å². The maximum Gasteiger partial charge on any atom is 0.333 e. The van der Waals surface area contributed by atoms with E-state index < -0.39 is 23.8 Å². The minimum absolute atomic E-state index is 0.0910. The molecule has 0 saturated heterocycles. The standard InChI is InChI=1S/C14H16O7/c1-18-12(15)9(7-10-5-4-6-21-10)8-11(13(16)19-2)14(17)20-3/h4-7,11H,8H2,1-3H3. The third kappa shape index (κ3) is 4.48. The Labute approximate surface area is 121 Å². The summed E-state index contributed by atoms with van der Waals surface area (Å²) in [6.07, 6.45) is 2.61. The van der Waals surface area contributed by atoms with Crippen LogP contribution in [0.5, 0.6) is 0 Å². The summed E-state index contributed by atoms with van der Waals surface area (Å²) in [6, 6.07) is 3.26. The number of hydrogen-bond donors (Lipinski definition) is 0. The third-order valence-corrected chi connectivity index (χ3v) is 2.70. The Balaban J connectivity index is 3.06. The van der Waals surface area contributed by atoms with Gasteiger partial charge in [0.05, 0.1) is 27.6 Å². The van der Waals surface area contributed by atoms with E-state index >= 15 is 0 Å². The molecule has 21 heavy (non-hydrogen) atoms. The van der Waals surface area contributed by atoms with Crippen LogP contribution in [0.4, 0.5) is 0 Å². The van der Waals surface area contributed by atoms with Crippen LogP contribution in [0.2, 0.25) is 0 Å². The van der Waals surface area contributed by atoms with E-state index in [4.69, 9.17) is 4.42 Å². The molecule has 1 aromatic rings. The summed E-state index contributed by atoms with van der Waals surface area (Å²) in [5.74, 6) is -3.12. The topological polar surface area (TPSA) is 92.0 Å². The van der Waals surface area contributed by atoms with E-state index in [2.05, 4.69) is 14.2 Å². The molecule has 0 aliphatic carbocycles. The van der Waals surface area contributed by atoms with Gasteiger partial charge in [-0.05, 0) is 18.2 Å². The van der Waals surface area contributed by atoms with Crippen molar-refractivity contribution >= 4 is 24.0 Å². The van der Waals surface area contributed by atoms with E-state index in [9.17, 15) is 14.4 Å². The highest BCUT2D eigenvalue weighted by Crippen LogP contribution is 2.19. The fourth-order valence-electron chi connectivity index (χ4n) is 1.64. The SMILES string of the molecule is COC(=O)C(=Cc1ccco1)CC(C(=O)OC)C(=O)OC. The lowest BCUT2D eigenvalue weighted by Gasteiger charge is -2.13. The summed E-state index contributed by atoms with van der Waals surface area (Å²) in [7, 11) is 3.49. The second kappa shape index (κ2) is 7.88. The van der Waals surface area contributed by atoms with Gasteiger partial charge in [-0.25, -0.2) is 4.79 Å². The fraction of sp³-hybridized carbons (Fsp3) is 0.357. The minimum atomic E-state index is -1.25. The molecule has 0 aliphatic heterocycles. The van der Waals surface area contributed by atoms with Crippen molar-refractivity contribution in [1.82, 2.24) is 0 Å². The monoisotopic (exact) mass is 296 g/mol. The van der Waals surface area contributed by atoms with Crippen LogP contribution in [0.1, 0.15) is 12.2 Å². The van der Waals surface area contributed by atoms with Crippen LogP contribution >= 0.6 is 0 Å². The number of esters is 3. The van der Waals surface area contributed by atoms with Crippen LogP contribution in [-0.2, 0) is 28.6 Å². The molecule has 0 amide bonds. The average molecular weight is 296 g/mol.